The molecule has 0 aromatic rings. The summed E-state index contributed by atoms with van der Waals surface area (Å²) in [6, 6.07) is 0. The molecule has 5 nitrogen and oxygen atoms in total. The standard InChI is InChI=1S/C8H9F3O5S3/c9-8(10,11)19(14,15)16-5-3-7(17,18)2-1-4(5)6(12)13/h17-18H,1-3H2,(H,12,13). The fourth-order valence-corrected chi connectivity index (χ4v) is 2.43. The van der Waals surface area contributed by atoms with Crippen molar-refractivity contribution >= 4 is 41.3 Å². The van der Waals surface area contributed by atoms with Crippen LogP contribution in [0.2, 0.25) is 0 Å². The highest BCUT2D eigenvalue weighted by Gasteiger charge is 2.50. The first-order valence-corrected chi connectivity index (χ1v) is 7.07. The van der Waals surface area contributed by atoms with E-state index in [9.17, 15) is 26.4 Å². The third-order valence-corrected chi connectivity index (χ3v) is 4.06. The average molecular weight is 338 g/mol. The molecule has 0 fully saturated rings. The minimum Gasteiger partial charge on any atom is -0.478 e. The number of rotatable bonds is 3. The van der Waals surface area contributed by atoms with E-state index >= 15 is 0 Å². The van der Waals surface area contributed by atoms with E-state index in [0.29, 0.717) is 0 Å². The Labute approximate surface area is 117 Å². The molecular formula is C8H9F3O5S3. The van der Waals surface area contributed by atoms with Crippen LogP contribution in [0.15, 0.2) is 11.3 Å². The fourth-order valence-electron chi connectivity index (χ4n) is 1.40. The van der Waals surface area contributed by atoms with Gasteiger partial charge in [-0.3, -0.25) is 0 Å². The summed E-state index contributed by atoms with van der Waals surface area (Å²) in [4.78, 5) is 10.8. The predicted octanol–water partition coefficient (Wildman–Crippen LogP) is 1.93. The third-order valence-electron chi connectivity index (χ3n) is 2.31. The van der Waals surface area contributed by atoms with Gasteiger partial charge in [-0.1, -0.05) is 0 Å². The minimum atomic E-state index is -5.90. The molecule has 0 atom stereocenters. The highest BCUT2D eigenvalue weighted by molar-refractivity contribution is 8.00. The predicted molar refractivity (Wildman–Crippen MR) is 65.3 cm³/mol. The Morgan fingerprint density at radius 3 is 2.32 bits per heavy atom. The van der Waals surface area contributed by atoms with Crippen LogP contribution >= 0.6 is 25.3 Å². The molecule has 0 aromatic carbocycles. The lowest BCUT2D eigenvalue weighted by Gasteiger charge is -2.29. The first kappa shape index (κ1) is 16.5. The van der Waals surface area contributed by atoms with Gasteiger partial charge in [0.15, 0.2) is 0 Å². The van der Waals surface area contributed by atoms with E-state index in [1.54, 1.807) is 0 Å². The third kappa shape index (κ3) is 3.96. The molecule has 0 aromatic heterocycles. The molecule has 1 aliphatic carbocycles. The Bertz CT molecular complexity index is 520. The van der Waals surface area contributed by atoms with Gasteiger partial charge in [0.1, 0.15) is 5.76 Å². The van der Waals surface area contributed by atoms with E-state index in [1.165, 1.54) is 0 Å². The van der Waals surface area contributed by atoms with E-state index < -0.39 is 43.4 Å². The molecule has 0 amide bonds. The van der Waals surface area contributed by atoms with E-state index in [0.717, 1.165) is 0 Å². The van der Waals surface area contributed by atoms with Crippen LogP contribution in [0.1, 0.15) is 19.3 Å². The van der Waals surface area contributed by atoms with Gasteiger partial charge < -0.3 is 9.29 Å². The molecule has 0 unspecified atom stereocenters. The Morgan fingerprint density at radius 1 is 1.37 bits per heavy atom. The molecule has 0 aliphatic heterocycles. The van der Waals surface area contributed by atoms with Crippen molar-refractivity contribution in [3.05, 3.63) is 11.3 Å². The summed E-state index contributed by atoms with van der Waals surface area (Å²) >= 11 is 7.98. The van der Waals surface area contributed by atoms with Crippen molar-refractivity contribution < 1.29 is 35.7 Å². The van der Waals surface area contributed by atoms with Gasteiger partial charge in [0.05, 0.1) is 9.65 Å². The lowest BCUT2D eigenvalue weighted by Crippen LogP contribution is -2.30. The van der Waals surface area contributed by atoms with Gasteiger partial charge in [-0.2, -0.15) is 46.8 Å². The molecule has 0 spiro atoms. The zero-order valence-corrected chi connectivity index (χ0v) is 11.7. The Balaban J connectivity index is 3.17. The van der Waals surface area contributed by atoms with Crippen molar-refractivity contribution in [3.63, 3.8) is 0 Å². The molecule has 0 heterocycles. The maximum atomic E-state index is 12.2. The zero-order chi connectivity index (χ0) is 15.1. The summed E-state index contributed by atoms with van der Waals surface area (Å²) in [6.07, 6.45) is -0.485. The second kappa shape index (κ2) is 5.09. The lowest BCUT2D eigenvalue weighted by molar-refractivity contribution is -0.133. The Kier molecular flexibility index (Phi) is 4.42. The number of thiol groups is 2. The van der Waals surface area contributed by atoms with E-state index in [1.807, 2.05) is 0 Å². The van der Waals surface area contributed by atoms with Gasteiger partial charge >= 0.3 is 21.6 Å². The average Bonchev–Trinajstić information content (AvgIpc) is 2.12. The number of allylic oxidation sites excluding steroid dienone is 1. The summed E-state index contributed by atoms with van der Waals surface area (Å²) in [7, 11) is -5.90. The first-order valence-electron chi connectivity index (χ1n) is 4.76. The lowest BCUT2D eigenvalue weighted by atomic mass is 9.97. The van der Waals surface area contributed by atoms with Gasteiger partial charge in [0.2, 0.25) is 0 Å². The normalized spacial score (nSPS) is 20.3. The molecule has 110 valence electrons. The number of halogens is 3. The van der Waals surface area contributed by atoms with Crippen molar-refractivity contribution in [3.8, 4) is 0 Å². The maximum absolute atomic E-state index is 12.2. The summed E-state index contributed by atoms with van der Waals surface area (Å²) < 4.78 is 61.1. The number of carboxylic acid groups (broad SMARTS) is 1. The highest BCUT2D eigenvalue weighted by atomic mass is 32.2. The number of carbonyl (C=O) groups is 1. The first-order chi connectivity index (χ1) is 8.36. The summed E-state index contributed by atoms with van der Waals surface area (Å²) in [5.41, 5.74) is -6.15. The van der Waals surface area contributed by atoms with Crippen molar-refractivity contribution in [1.82, 2.24) is 0 Å². The van der Waals surface area contributed by atoms with Crippen molar-refractivity contribution in [2.24, 2.45) is 0 Å². The largest absolute Gasteiger partial charge is 0.534 e. The second-order valence-corrected chi connectivity index (χ2v) is 7.45. The monoisotopic (exact) mass is 338 g/mol. The van der Waals surface area contributed by atoms with Crippen LogP contribution in [0.4, 0.5) is 13.2 Å². The smallest absolute Gasteiger partial charge is 0.478 e. The van der Waals surface area contributed by atoms with Crippen molar-refractivity contribution in [2.75, 3.05) is 0 Å². The second-order valence-electron chi connectivity index (χ2n) is 3.85. The molecule has 1 aliphatic rings. The summed E-state index contributed by atoms with van der Waals surface area (Å²) in [6.45, 7) is 0. The van der Waals surface area contributed by atoms with E-state index in [-0.39, 0.29) is 12.8 Å². The number of alkyl halides is 3. The minimum absolute atomic E-state index is 0.153. The van der Waals surface area contributed by atoms with Crippen LogP contribution in [-0.4, -0.2) is 29.1 Å². The van der Waals surface area contributed by atoms with E-state index in [2.05, 4.69) is 29.4 Å². The van der Waals surface area contributed by atoms with Gasteiger partial charge in [0.25, 0.3) is 0 Å². The summed E-state index contributed by atoms with van der Waals surface area (Å²) in [5.74, 6) is -2.33. The number of aliphatic carboxylic acids is 1. The van der Waals surface area contributed by atoms with Crippen molar-refractivity contribution in [2.45, 2.75) is 28.8 Å². The molecule has 0 bridgehead atoms. The summed E-state index contributed by atoms with van der Waals surface area (Å²) in [5, 5.41) is 8.81. The van der Waals surface area contributed by atoms with Gasteiger partial charge in [-0.05, 0) is 12.8 Å². The Hall–Kier alpha value is -0.550. The highest BCUT2D eigenvalue weighted by Crippen LogP contribution is 2.42. The molecule has 0 radical (unpaired) electrons. The molecule has 0 saturated carbocycles. The van der Waals surface area contributed by atoms with Crippen LogP contribution in [0.25, 0.3) is 0 Å². The molecule has 19 heavy (non-hydrogen) atoms. The van der Waals surface area contributed by atoms with Gasteiger partial charge in [-0.15, -0.1) is 0 Å². The maximum Gasteiger partial charge on any atom is 0.534 e. The topological polar surface area (TPSA) is 80.7 Å². The number of hydrogen-bond donors (Lipinski definition) is 3. The van der Waals surface area contributed by atoms with Gasteiger partial charge in [0, 0.05) is 6.42 Å². The van der Waals surface area contributed by atoms with Crippen molar-refractivity contribution in [1.29, 1.82) is 0 Å². The molecule has 11 heteroatoms. The zero-order valence-electron chi connectivity index (χ0n) is 9.14. The molecule has 0 saturated heterocycles. The molecule has 1 N–H and O–H groups in total. The van der Waals surface area contributed by atoms with E-state index in [4.69, 9.17) is 5.11 Å². The van der Waals surface area contributed by atoms with Crippen LogP contribution in [0.5, 0.6) is 0 Å². The number of carboxylic acids is 1. The fraction of sp³-hybridized carbons (Fsp3) is 0.625. The van der Waals surface area contributed by atoms with Crippen LogP contribution in [0, 0.1) is 0 Å². The van der Waals surface area contributed by atoms with Crippen LogP contribution < -0.4 is 0 Å². The SMILES string of the molecule is O=C(O)C1=C(OS(=O)(=O)C(F)(F)F)CC(S)(S)CC1. The quantitative estimate of drug-likeness (QED) is 0.317. The number of hydrogen-bond acceptors (Lipinski definition) is 6. The Morgan fingerprint density at radius 2 is 1.89 bits per heavy atom. The van der Waals surface area contributed by atoms with Gasteiger partial charge in [-0.25, -0.2) is 4.79 Å². The van der Waals surface area contributed by atoms with Crippen LogP contribution in [0.3, 0.4) is 0 Å². The molecule has 1 rings (SSSR count). The van der Waals surface area contributed by atoms with Crippen LogP contribution in [-0.2, 0) is 19.1 Å². The molecular weight excluding hydrogens is 329 g/mol.